The van der Waals surface area contributed by atoms with Crippen LogP contribution >= 0.6 is 11.6 Å². The second kappa shape index (κ2) is 3.74. The summed E-state index contributed by atoms with van der Waals surface area (Å²) in [6.07, 6.45) is 0.710. The molecule has 1 radical (unpaired) electrons. The number of rotatable bonds is 2. The predicted molar refractivity (Wildman–Crippen MR) is 48.4 cm³/mol. The summed E-state index contributed by atoms with van der Waals surface area (Å²) in [6, 6.07) is 7.57. The van der Waals surface area contributed by atoms with E-state index in [4.69, 9.17) is 17.3 Å². The van der Waals surface area contributed by atoms with Gasteiger partial charge in [-0.3, -0.25) is 0 Å². The van der Waals surface area contributed by atoms with E-state index in [0.717, 1.165) is 10.6 Å². The molecule has 2 heteroatoms. The van der Waals surface area contributed by atoms with Crippen molar-refractivity contribution in [2.24, 2.45) is 5.73 Å². The lowest BCUT2D eigenvalue weighted by Crippen LogP contribution is -2.07. The molecule has 1 aromatic rings. The Balaban J connectivity index is 2.81. The minimum Gasteiger partial charge on any atom is -0.324 e. The van der Waals surface area contributed by atoms with Gasteiger partial charge in [0, 0.05) is 11.1 Å². The van der Waals surface area contributed by atoms with E-state index < -0.39 is 0 Å². The number of halogens is 1. The van der Waals surface area contributed by atoms with Crippen LogP contribution in [0, 0.1) is 6.92 Å². The van der Waals surface area contributed by atoms with E-state index in [-0.39, 0.29) is 6.04 Å². The van der Waals surface area contributed by atoms with E-state index in [1.54, 1.807) is 0 Å². The second-order valence-electron chi connectivity index (χ2n) is 2.45. The van der Waals surface area contributed by atoms with Crippen LogP contribution in [-0.4, -0.2) is 0 Å². The SMILES string of the molecule is [CH2]C[C@H](N)c1ccc(Cl)cc1. The molecule has 0 saturated heterocycles. The Kier molecular flexibility index (Phi) is 2.92. The van der Waals surface area contributed by atoms with Crippen molar-refractivity contribution >= 4 is 11.6 Å². The first-order chi connectivity index (χ1) is 5.24. The van der Waals surface area contributed by atoms with E-state index in [1.807, 2.05) is 24.3 Å². The van der Waals surface area contributed by atoms with Gasteiger partial charge in [0.1, 0.15) is 0 Å². The van der Waals surface area contributed by atoms with Crippen molar-refractivity contribution in [3.63, 3.8) is 0 Å². The van der Waals surface area contributed by atoms with E-state index >= 15 is 0 Å². The van der Waals surface area contributed by atoms with Gasteiger partial charge in [0.2, 0.25) is 0 Å². The van der Waals surface area contributed by atoms with Crippen LogP contribution in [0.2, 0.25) is 5.02 Å². The van der Waals surface area contributed by atoms with Crippen molar-refractivity contribution in [3.05, 3.63) is 41.8 Å². The van der Waals surface area contributed by atoms with Gasteiger partial charge in [0.05, 0.1) is 0 Å². The molecule has 0 saturated carbocycles. The lowest BCUT2D eigenvalue weighted by Gasteiger charge is -2.07. The van der Waals surface area contributed by atoms with Crippen LogP contribution in [0.3, 0.4) is 0 Å². The highest BCUT2D eigenvalue weighted by Crippen LogP contribution is 2.16. The molecule has 0 amide bonds. The standard InChI is InChI=1S/C9H11ClN/c1-2-9(11)7-3-5-8(10)6-4-7/h3-6,9H,1-2,11H2/t9-/m0/s1. The first-order valence-electron chi connectivity index (χ1n) is 3.54. The lowest BCUT2D eigenvalue weighted by atomic mass is 10.1. The summed E-state index contributed by atoms with van der Waals surface area (Å²) >= 11 is 5.70. The molecule has 0 fully saturated rings. The Hall–Kier alpha value is -0.530. The van der Waals surface area contributed by atoms with Gasteiger partial charge in [0.15, 0.2) is 0 Å². The van der Waals surface area contributed by atoms with Gasteiger partial charge in [-0.1, -0.05) is 30.7 Å². The van der Waals surface area contributed by atoms with Crippen LogP contribution in [0.1, 0.15) is 18.0 Å². The third-order valence-corrected chi connectivity index (χ3v) is 1.86. The van der Waals surface area contributed by atoms with Crippen molar-refractivity contribution in [2.45, 2.75) is 12.5 Å². The molecule has 0 aromatic heterocycles. The molecule has 2 N–H and O–H groups in total. The molecule has 0 heterocycles. The van der Waals surface area contributed by atoms with Crippen LogP contribution in [0.4, 0.5) is 0 Å². The van der Waals surface area contributed by atoms with Crippen LogP contribution in [0.5, 0.6) is 0 Å². The number of benzene rings is 1. The van der Waals surface area contributed by atoms with Gasteiger partial charge in [-0.2, -0.15) is 0 Å². The molecule has 0 aliphatic carbocycles. The summed E-state index contributed by atoms with van der Waals surface area (Å²) in [4.78, 5) is 0. The van der Waals surface area contributed by atoms with Crippen molar-refractivity contribution in [3.8, 4) is 0 Å². The van der Waals surface area contributed by atoms with Gasteiger partial charge in [-0.05, 0) is 24.1 Å². The van der Waals surface area contributed by atoms with Gasteiger partial charge in [-0.25, -0.2) is 0 Å². The molecule has 1 aromatic carbocycles. The van der Waals surface area contributed by atoms with E-state index in [1.165, 1.54) is 0 Å². The molecule has 0 aliphatic rings. The zero-order valence-electron chi connectivity index (χ0n) is 6.26. The summed E-state index contributed by atoms with van der Waals surface area (Å²) in [5.41, 5.74) is 6.83. The smallest absolute Gasteiger partial charge is 0.0406 e. The summed E-state index contributed by atoms with van der Waals surface area (Å²) < 4.78 is 0. The largest absolute Gasteiger partial charge is 0.324 e. The Morgan fingerprint density at radius 1 is 1.36 bits per heavy atom. The minimum atomic E-state index is 0.0345. The van der Waals surface area contributed by atoms with E-state index in [9.17, 15) is 0 Å². The van der Waals surface area contributed by atoms with Crippen molar-refractivity contribution < 1.29 is 0 Å². The van der Waals surface area contributed by atoms with Crippen molar-refractivity contribution in [2.75, 3.05) is 0 Å². The molecule has 11 heavy (non-hydrogen) atoms. The maximum Gasteiger partial charge on any atom is 0.0406 e. The van der Waals surface area contributed by atoms with Crippen LogP contribution in [0.25, 0.3) is 0 Å². The van der Waals surface area contributed by atoms with Gasteiger partial charge >= 0.3 is 0 Å². The predicted octanol–water partition coefficient (Wildman–Crippen LogP) is 2.56. The third kappa shape index (κ3) is 2.21. The average molecular weight is 169 g/mol. The van der Waals surface area contributed by atoms with E-state index in [2.05, 4.69) is 6.92 Å². The molecular formula is C9H11ClN. The molecule has 0 aliphatic heterocycles. The van der Waals surface area contributed by atoms with E-state index in [0.29, 0.717) is 6.42 Å². The first kappa shape index (κ1) is 8.57. The number of hydrogen-bond donors (Lipinski definition) is 1. The summed E-state index contributed by atoms with van der Waals surface area (Å²) in [7, 11) is 0. The maximum atomic E-state index is 5.74. The Morgan fingerprint density at radius 3 is 2.36 bits per heavy atom. The Bertz CT molecular complexity index is 218. The molecule has 0 unspecified atom stereocenters. The number of hydrogen-bond acceptors (Lipinski definition) is 1. The van der Waals surface area contributed by atoms with Crippen molar-refractivity contribution in [1.82, 2.24) is 0 Å². The molecule has 0 bridgehead atoms. The quantitative estimate of drug-likeness (QED) is 0.722. The fraction of sp³-hybridized carbons (Fsp3) is 0.222. The van der Waals surface area contributed by atoms with Crippen LogP contribution < -0.4 is 5.73 Å². The van der Waals surface area contributed by atoms with Gasteiger partial charge < -0.3 is 5.73 Å². The fourth-order valence-corrected chi connectivity index (χ4v) is 1.00. The highest BCUT2D eigenvalue weighted by molar-refractivity contribution is 6.30. The summed E-state index contributed by atoms with van der Waals surface area (Å²) in [5, 5.41) is 0.741. The van der Waals surface area contributed by atoms with Gasteiger partial charge in [0.25, 0.3) is 0 Å². The molecule has 0 spiro atoms. The topological polar surface area (TPSA) is 26.0 Å². The Labute approximate surface area is 72.2 Å². The Morgan fingerprint density at radius 2 is 1.91 bits per heavy atom. The monoisotopic (exact) mass is 168 g/mol. The molecule has 59 valence electrons. The fourth-order valence-electron chi connectivity index (χ4n) is 0.877. The number of nitrogens with two attached hydrogens (primary N) is 1. The van der Waals surface area contributed by atoms with Gasteiger partial charge in [-0.15, -0.1) is 0 Å². The zero-order valence-corrected chi connectivity index (χ0v) is 7.01. The molecule has 1 rings (SSSR count). The molecular weight excluding hydrogens is 158 g/mol. The minimum absolute atomic E-state index is 0.0345. The molecule has 1 nitrogen and oxygen atoms in total. The maximum absolute atomic E-state index is 5.74. The second-order valence-corrected chi connectivity index (χ2v) is 2.88. The highest BCUT2D eigenvalue weighted by Gasteiger charge is 2.00. The summed E-state index contributed by atoms with van der Waals surface area (Å²) in [6.45, 7) is 3.73. The van der Waals surface area contributed by atoms with Crippen LogP contribution in [-0.2, 0) is 0 Å². The van der Waals surface area contributed by atoms with Crippen LogP contribution in [0.15, 0.2) is 24.3 Å². The third-order valence-electron chi connectivity index (χ3n) is 1.61. The lowest BCUT2D eigenvalue weighted by molar-refractivity contribution is 0.739. The average Bonchev–Trinajstić information content (AvgIpc) is 2.05. The highest BCUT2D eigenvalue weighted by atomic mass is 35.5. The molecule has 1 atom stereocenters. The zero-order chi connectivity index (χ0) is 8.27. The van der Waals surface area contributed by atoms with Crippen molar-refractivity contribution in [1.29, 1.82) is 0 Å². The summed E-state index contributed by atoms with van der Waals surface area (Å²) in [5.74, 6) is 0. The first-order valence-corrected chi connectivity index (χ1v) is 3.92. The normalized spacial score (nSPS) is 13.0.